The summed E-state index contributed by atoms with van der Waals surface area (Å²) in [6.45, 7) is 4.43. The zero-order valence-electron chi connectivity index (χ0n) is 23.7. The number of sulfonamides is 1. The number of fused-ring (bicyclic) bond motifs is 1. The molecule has 0 radical (unpaired) electrons. The van der Waals surface area contributed by atoms with E-state index in [1.165, 1.54) is 6.07 Å². The number of nitrogens with one attached hydrogen (secondary N) is 1. The molecule has 5 aromatic carbocycles. The average molecular weight is 653 g/mol. The van der Waals surface area contributed by atoms with Crippen LogP contribution < -0.4 is 14.5 Å². The van der Waals surface area contributed by atoms with Gasteiger partial charge in [-0.15, -0.1) is 0 Å². The maximum Gasteiger partial charge on any atom is 0.262 e. The molecule has 6 nitrogen and oxygen atoms in total. The molecule has 43 heavy (non-hydrogen) atoms. The Morgan fingerprint density at radius 1 is 0.767 bits per heavy atom. The SMILES string of the molecule is Cc1ccc(NS(=O)(=O)c2ccc3c(c2)C(=O)N(c2ccc(C)cc2)[C@H](c2ccccc2Br)N3Cc2ccccc2)cc1. The van der Waals surface area contributed by atoms with Crippen molar-refractivity contribution in [3.8, 4) is 0 Å². The molecule has 8 heteroatoms. The van der Waals surface area contributed by atoms with Crippen molar-refractivity contribution in [1.29, 1.82) is 0 Å². The molecule has 0 aromatic heterocycles. The number of hydrogen-bond acceptors (Lipinski definition) is 4. The van der Waals surface area contributed by atoms with Crippen LogP contribution >= 0.6 is 15.9 Å². The van der Waals surface area contributed by atoms with Crippen LogP contribution in [0.3, 0.4) is 0 Å². The fourth-order valence-electron chi connectivity index (χ4n) is 5.36. The van der Waals surface area contributed by atoms with Crippen LogP contribution in [-0.2, 0) is 16.6 Å². The molecule has 1 N–H and O–H groups in total. The molecule has 0 saturated carbocycles. The first-order chi connectivity index (χ1) is 20.7. The summed E-state index contributed by atoms with van der Waals surface area (Å²) < 4.78 is 30.6. The summed E-state index contributed by atoms with van der Waals surface area (Å²) in [5, 5.41) is 0. The van der Waals surface area contributed by atoms with Crippen LogP contribution in [0.2, 0.25) is 0 Å². The van der Waals surface area contributed by atoms with Crippen LogP contribution in [0.15, 0.2) is 131 Å². The van der Waals surface area contributed by atoms with E-state index < -0.39 is 16.2 Å². The lowest BCUT2D eigenvalue weighted by molar-refractivity contribution is 0.0968. The quantitative estimate of drug-likeness (QED) is 0.192. The van der Waals surface area contributed by atoms with E-state index in [1.54, 1.807) is 29.2 Å². The summed E-state index contributed by atoms with van der Waals surface area (Å²) in [6, 6.07) is 37.7. The predicted octanol–water partition coefficient (Wildman–Crippen LogP) is 8.23. The van der Waals surface area contributed by atoms with Crippen LogP contribution in [0.1, 0.15) is 38.8 Å². The van der Waals surface area contributed by atoms with Gasteiger partial charge in [0, 0.05) is 28.0 Å². The monoisotopic (exact) mass is 651 g/mol. The maximum absolute atomic E-state index is 14.5. The molecule has 216 valence electrons. The van der Waals surface area contributed by atoms with Crippen LogP contribution in [0.4, 0.5) is 17.1 Å². The predicted molar refractivity (Wildman–Crippen MR) is 176 cm³/mol. The molecule has 0 saturated heterocycles. The third-order valence-electron chi connectivity index (χ3n) is 7.57. The van der Waals surface area contributed by atoms with Crippen LogP contribution in [0, 0.1) is 13.8 Å². The van der Waals surface area contributed by atoms with Crippen LogP contribution in [0.5, 0.6) is 0 Å². The highest BCUT2D eigenvalue weighted by molar-refractivity contribution is 9.10. The Labute approximate surface area is 260 Å². The highest BCUT2D eigenvalue weighted by Crippen LogP contribution is 2.44. The van der Waals surface area contributed by atoms with E-state index in [0.717, 1.165) is 26.7 Å². The Kier molecular flexibility index (Phi) is 7.81. The molecule has 1 amide bonds. The van der Waals surface area contributed by atoms with E-state index in [4.69, 9.17) is 0 Å². The second-order valence-electron chi connectivity index (χ2n) is 10.7. The lowest BCUT2D eigenvalue weighted by Gasteiger charge is -2.46. The van der Waals surface area contributed by atoms with Gasteiger partial charge in [0.1, 0.15) is 6.17 Å². The summed E-state index contributed by atoms with van der Waals surface area (Å²) in [7, 11) is -3.97. The minimum Gasteiger partial charge on any atom is -0.342 e. The third-order valence-corrected chi connectivity index (χ3v) is 9.67. The highest BCUT2D eigenvalue weighted by atomic mass is 79.9. The van der Waals surface area contributed by atoms with Crippen molar-refractivity contribution in [1.82, 2.24) is 0 Å². The van der Waals surface area contributed by atoms with Crippen molar-refractivity contribution in [2.45, 2.75) is 31.5 Å². The fourth-order valence-corrected chi connectivity index (χ4v) is 6.93. The molecule has 1 atom stereocenters. The van der Waals surface area contributed by atoms with Gasteiger partial charge in [0.15, 0.2) is 0 Å². The zero-order valence-corrected chi connectivity index (χ0v) is 26.1. The molecule has 6 rings (SSSR count). The highest BCUT2D eigenvalue weighted by Gasteiger charge is 2.41. The Morgan fingerprint density at radius 2 is 1.40 bits per heavy atom. The van der Waals surface area contributed by atoms with Gasteiger partial charge in [-0.05, 0) is 67.9 Å². The largest absolute Gasteiger partial charge is 0.342 e. The Bertz CT molecular complexity index is 1890. The topological polar surface area (TPSA) is 69.7 Å². The molecule has 1 aliphatic heterocycles. The van der Waals surface area contributed by atoms with Gasteiger partial charge in [0.05, 0.1) is 16.1 Å². The van der Waals surface area contributed by atoms with Crippen molar-refractivity contribution < 1.29 is 13.2 Å². The van der Waals surface area contributed by atoms with Crippen LogP contribution in [-0.4, -0.2) is 14.3 Å². The van der Waals surface area contributed by atoms with Crippen molar-refractivity contribution in [2.24, 2.45) is 0 Å². The minimum absolute atomic E-state index is 0.0167. The number of nitrogens with zero attached hydrogens (tertiary/aromatic N) is 2. The number of carbonyl (C=O) groups excluding carboxylic acids is 1. The second kappa shape index (κ2) is 11.7. The standard InChI is InChI=1S/C35H30BrN3O3S/c1-24-12-16-27(17-13-24)37-43(41,42)29-20-21-33-31(22-29)35(40)39(28-18-14-25(2)15-19-28)34(30-10-6-7-11-32(30)36)38(33)23-26-8-4-3-5-9-26/h3-22,34,37H,23H2,1-2H3/t34-/m1/s1. The Balaban J connectivity index is 1.53. The Morgan fingerprint density at radius 3 is 2.07 bits per heavy atom. The molecular formula is C35H30BrN3O3S. The summed E-state index contributed by atoms with van der Waals surface area (Å²) >= 11 is 3.74. The summed E-state index contributed by atoms with van der Waals surface area (Å²) in [4.78, 5) is 18.5. The summed E-state index contributed by atoms with van der Waals surface area (Å²) in [5.41, 5.74) is 6.21. The lowest BCUT2D eigenvalue weighted by atomic mass is 9.99. The van der Waals surface area contributed by atoms with Gasteiger partial charge in [-0.25, -0.2) is 8.42 Å². The number of halogens is 1. The van der Waals surface area contributed by atoms with Gasteiger partial charge in [-0.3, -0.25) is 14.4 Å². The molecule has 0 spiro atoms. The maximum atomic E-state index is 14.5. The van der Waals surface area contributed by atoms with Crippen molar-refractivity contribution >= 4 is 48.9 Å². The molecular weight excluding hydrogens is 622 g/mol. The molecule has 0 aliphatic carbocycles. The lowest BCUT2D eigenvalue weighted by Crippen LogP contribution is -2.49. The first-order valence-corrected chi connectivity index (χ1v) is 16.2. The number of aryl methyl sites for hydroxylation is 2. The number of benzene rings is 5. The van der Waals surface area contributed by atoms with Crippen molar-refractivity contribution in [2.75, 3.05) is 14.5 Å². The van der Waals surface area contributed by atoms with E-state index in [0.29, 0.717) is 29.2 Å². The molecule has 1 heterocycles. The van der Waals surface area contributed by atoms with Crippen molar-refractivity contribution in [3.63, 3.8) is 0 Å². The molecule has 0 fully saturated rings. The Hall–Kier alpha value is -4.40. The van der Waals surface area contributed by atoms with E-state index in [1.807, 2.05) is 105 Å². The number of anilines is 3. The van der Waals surface area contributed by atoms with E-state index in [2.05, 4.69) is 25.6 Å². The van der Waals surface area contributed by atoms with Crippen LogP contribution in [0.25, 0.3) is 0 Å². The van der Waals surface area contributed by atoms with Crippen molar-refractivity contribution in [3.05, 3.63) is 154 Å². The van der Waals surface area contributed by atoms with Gasteiger partial charge in [0.2, 0.25) is 0 Å². The smallest absolute Gasteiger partial charge is 0.262 e. The van der Waals surface area contributed by atoms with Gasteiger partial charge in [-0.1, -0.05) is 99.9 Å². The van der Waals surface area contributed by atoms with Gasteiger partial charge < -0.3 is 4.90 Å². The molecule has 0 unspecified atom stereocenters. The second-order valence-corrected chi connectivity index (χ2v) is 13.2. The fraction of sp³-hybridized carbons (Fsp3) is 0.114. The van der Waals surface area contributed by atoms with E-state index in [-0.39, 0.29) is 10.8 Å². The van der Waals surface area contributed by atoms with Gasteiger partial charge >= 0.3 is 0 Å². The molecule has 1 aliphatic rings. The van der Waals surface area contributed by atoms with E-state index >= 15 is 0 Å². The average Bonchev–Trinajstić information content (AvgIpc) is 3.01. The normalized spacial score (nSPS) is 14.9. The minimum atomic E-state index is -3.97. The molecule has 5 aromatic rings. The van der Waals surface area contributed by atoms with E-state index in [9.17, 15) is 13.2 Å². The van der Waals surface area contributed by atoms with Gasteiger partial charge in [0.25, 0.3) is 15.9 Å². The first kappa shape index (κ1) is 28.7. The molecule has 0 bridgehead atoms. The third kappa shape index (κ3) is 5.81. The number of hydrogen-bond donors (Lipinski definition) is 1. The zero-order chi connectivity index (χ0) is 30.1. The number of carbonyl (C=O) groups is 1. The van der Waals surface area contributed by atoms with Gasteiger partial charge in [-0.2, -0.15) is 0 Å². The number of rotatable bonds is 7. The summed E-state index contributed by atoms with van der Waals surface area (Å²) in [5.74, 6) is -0.281. The first-order valence-electron chi connectivity index (χ1n) is 13.9. The number of amides is 1. The summed E-state index contributed by atoms with van der Waals surface area (Å²) in [6.07, 6.45) is -0.508.